The van der Waals surface area contributed by atoms with Gasteiger partial charge in [0.2, 0.25) is 0 Å². The van der Waals surface area contributed by atoms with E-state index < -0.39 is 8.25 Å². The average Bonchev–Trinajstić information content (AvgIpc) is 1.97. The molecule has 0 aromatic rings. The van der Waals surface area contributed by atoms with Crippen molar-refractivity contribution in [2.75, 3.05) is 6.61 Å². The van der Waals surface area contributed by atoms with Crippen LogP contribution >= 0.6 is 8.25 Å². The summed E-state index contributed by atoms with van der Waals surface area (Å²) < 4.78 is 14.7. The smallest absolute Gasteiger partial charge is 0.133 e. The molecule has 0 aromatic carbocycles. The second-order valence-corrected chi connectivity index (χ2v) is 3.51. The fourth-order valence-electron chi connectivity index (χ4n) is 0.827. The number of unbranched alkanes of at least 4 members (excludes halogenated alkanes) is 1. The third-order valence-electron chi connectivity index (χ3n) is 1.52. The van der Waals surface area contributed by atoms with Crippen LogP contribution in [0.1, 0.15) is 33.1 Å². The van der Waals surface area contributed by atoms with Crippen LogP contribution in [0, 0.1) is 46.8 Å². The van der Waals surface area contributed by atoms with Crippen LogP contribution in [-0.4, -0.2) is 11.5 Å². The van der Waals surface area contributed by atoms with Gasteiger partial charge in [-0.3, -0.25) is 0 Å². The molecule has 0 amide bonds. The predicted molar refractivity (Wildman–Crippen MR) is 44.5 cm³/mol. The fourth-order valence-corrected chi connectivity index (χ4v) is 1.21. The summed E-state index contributed by atoms with van der Waals surface area (Å²) in [6.45, 7) is 4.54. The van der Waals surface area contributed by atoms with E-state index in [-0.39, 0.29) is 40.8 Å². The van der Waals surface area contributed by atoms with Gasteiger partial charge in [0.25, 0.3) is 0 Å². The van der Waals surface area contributed by atoms with E-state index >= 15 is 0 Å². The molecule has 0 aliphatic heterocycles. The summed E-state index contributed by atoms with van der Waals surface area (Å²) in [7, 11) is -2.40. The summed E-state index contributed by atoms with van der Waals surface area (Å²) in [4.78, 5) is 8.31. The summed E-state index contributed by atoms with van der Waals surface area (Å²) in [5.41, 5.74) is 0. The molecule has 0 saturated heterocycles. The van der Waals surface area contributed by atoms with Crippen LogP contribution in [0.25, 0.3) is 0 Å². The first-order valence-corrected chi connectivity index (χ1v) is 5.09. The van der Waals surface area contributed by atoms with E-state index in [1.54, 1.807) is 0 Å². The Morgan fingerprint density at radius 1 is 1.58 bits per heavy atom. The molecule has 3 nitrogen and oxygen atoms in total. The van der Waals surface area contributed by atoms with Crippen molar-refractivity contribution in [3.05, 3.63) is 0 Å². The Hall–Kier alpha value is 1.37. The molecule has 0 aliphatic rings. The van der Waals surface area contributed by atoms with E-state index in [9.17, 15) is 4.57 Å². The number of hydrogen-bond donors (Lipinski definition) is 1. The van der Waals surface area contributed by atoms with Crippen LogP contribution in [0.15, 0.2) is 0 Å². The SMILES string of the molecule is CCCCC(C)CO[P+](=O)O.[Nd]. The maximum absolute atomic E-state index is 10.1. The zero-order chi connectivity index (χ0) is 8.69. The van der Waals surface area contributed by atoms with Crippen LogP contribution in [0.2, 0.25) is 0 Å². The van der Waals surface area contributed by atoms with Crippen molar-refractivity contribution >= 4 is 8.25 Å². The molecule has 0 aliphatic carbocycles. The van der Waals surface area contributed by atoms with Crippen LogP contribution in [-0.2, 0) is 9.09 Å². The van der Waals surface area contributed by atoms with Gasteiger partial charge in [0.1, 0.15) is 6.61 Å². The molecule has 0 heterocycles. The molecule has 0 aromatic heterocycles. The monoisotopic (exact) mass is 321 g/mol. The van der Waals surface area contributed by atoms with Crippen LogP contribution in [0.5, 0.6) is 0 Å². The van der Waals surface area contributed by atoms with E-state index in [1.807, 2.05) is 6.92 Å². The molecule has 0 radical (unpaired) electrons. The normalized spacial score (nSPS) is 13.4. The molecule has 1 N–H and O–H groups in total. The first-order valence-electron chi connectivity index (χ1n) is 3.95. The Labute approximate surface area is 108 Å². The van der Waals surface area contributed by atoms with Crippen molar-refractivity contribution in [3.8, 4) is 0 Å². The third-order valence-corrected chi connectivity index (χ3v) is 1.89. The zero-order valence-corrected chi connectivity index (χ0v) is 11.7. The van der Waals surface area contributed by atoms with Crippen molar-refractivity contribution in [2.24, 2.45) is 5.92 Å². The molecule has 0 spiro atoms. The molecule has 0 fully saturated rings. The Bertz CT molecular complexity index is 121. The molecule has 2 atom stereocenters. The van der Waals surface area contributed by atoms with Gasteiger partial charge in [0.15, 0.2) is 0 Å². The molecular formula is C7H16NdO3P+. The minimum Gasteiger partial charge on any atom is -0.133 e. The fraction of sp³-hybridized carbons (Fsp3) is 1.00. The molecule has 2 unspecified atom stereocenters. The van der Waals surface area contributed by atoms with E-state index in [4.69, 9.17) is 4.89 Å². The van der Waals surface area contributed by atoms with Crippen molar-refractivity contribution in [3.63, 3.8) is 0 Å². The predicted octanol–water partition coefficient (Wildman–Crippen LogP) is 2.48. The van der Waals surface area contributed by atoms with Crippen molar-refractivity contribution in [2.45, 2.75) is 33.1 Å². The summed E-state index contributed by atoms with van der Waals surface area (Å²) in [6.07, 6.45) is 3.39. The molecular weight excluding hydrogens is 307 g/mol. The van der Waals surface area contributed by atoms with E-state index in [2.05, 4.69) is 11.4 Å². The van der Waals surface area contributed by atoms with Gasteiger partial charge >= 0.3 is 8.25 Å². The molecule has 5 heteroatoms. The second-order valence-electron chi connectivity index (χ2n) is 2.78. The molecule has 0 bridgehead atoms. The van der Waals surface area contributed by atoms with Crippen LogP contribution in [0.4, 0.5) is 0 Å². The van der Waals surface area contributed by atoms with Crippen molar-refractivity contribution in [1.82, 2.24) is 0 Å². The summed E-state index contributed by atoms with van der Waals surface area (Å²) >= 11 is 0. The Morgan fingerprint density at radius 3 is 2.58 bits per heavy atom. The van der Waals surface area contributed by atoms with Crippen LogP contribution in [0.3, 0.4) is 0 Å². The minimum atomic E-state index is -2.40. The summed E-state index contributed by atoms with van der Waals surface area (Å²) in [6, 6.07) is 0. The van der Waals surface area contributed by atoms with Gasteiger partial charge in [-0.25, -0.2) is 0 Å². The molecule has 70 valence electrons. The largest absolute Gasteiger partial charge is 0.694 e. The van der Waals surface area contributed by atoms with Crippen LogP contribution < -0.4 is 0 Å². The Morgan fingerprint density at radius 2 is 2.17 bits per heavy atom. The van der Waals surface area contributed by atoms with Crippen molar-refractivity contribution in [1.29, 1.82) is 0 Å². The van der Waals surface area contributed by atoms with Gasteiger partial charge < -0.3 is 0 Å². The van der Waals surface area contributed by atoms with E-state index in [0.29, 0.717) is 12.5 Å². The maximum atomic E-state index is 10.1. The topological polar surface area (TPSA) is 46.5 Å². The van der Waals surface area contributed by atoms with E-state index in [1.165, 1.54) is 0 Å². The minimum absolute atomic E-state index is 0. The van der Waals surface area contributed by atoms with E-state index in [0.717, 1.165) is 19.3 Å². The average molecular weight is 323 g/mol. The first-order chi connectivity index (χ1) is 5.16. The first kappa shape index (κ1) is 15.8. The third kappa shape index (κ3) is 11.4. The van der Waals surface area contributed by atoms with Gasteiger partial charge in [-0.1, -0.05) is 26.7 Å². The van der Waals surface area contributed by atoms with Gasteiger partial charge in [0.05, 0.1) is 0 Å². The van der Waals surface area contributed by atoms with Gasteiger partial charge in [-0.05, 0) is 12.3 Å². The molecule has 0 rings (SSSR count). The Kier molecular flexibility index (Phi) is 13.8. The quantitative estimate of drug-likeness (QED) is 0.764. The number of rotatable bonds is 6. The molecule has 0 saturated carbocycles. The molecule has 12 heavy (non-hydrogen) atoms. The summed E-state index contributed by atoms with van der Waals surface area (Å²) in [5, 5.41) is 0. The second kappa shape index (κ2) is 10.5. The van der Waals surface area contributed by atoms with Crippen molar-refractivity contribution < 1.29 is 54.8 Å². The van der Waals surface area contributed by atoms with Gasteiger partial charge in [-0.15, -0.1) is 9.42 Å². The van der Waals surface area contributed by atoms with Gasteiger partial charge in [0, 0.05) is 45.4 Å². The maximum Gasteiger partial charge on any atom is 0.694 e. The number of hydrogen-bond acceptors (Lipinski definition) is 2. The van der Waals surface area contributed by atoms with Gasteiger partial charge in [-0.2, -0.15) is 0 Å². The summed E-state index contributed by atoms with van der Waals surface area (Å²) in [5.74, 6) is 0.390. The zero-order valence-electron chi connectivity index (χ0n) is 7.62. The standard InChI is InChI=1S/C7H15O3P.Nd/c1-3-4-5-7(2)6-10-11(8)9;/h7H,3-6H2,1-2H3;/p+1. The Balaban J connectivity index is 0.